The van der Waals surface area contributed by atoms with E-state index in [0.29, 0.717) is 11.8 Å². The fraction of sp³-hybridized carbons (Fsp3) is 0.885. The molecule has 2 unspecified atom stereocenters. The van der Waals surface area contributed by atoms with Crippen molar-refractivity contribution in [3.63, 3.8) is 0 Å². The molecule has 2 atom stereocenters. The summed E-state index contributed by atoms with van der Waals surface area (Å²) >= 11 is 0. The van der Waals surface area contributed by atoms with Crippen LogP contribution >= 0.6 is 9.39 Å². The topological polar surface area (TPSA) is 20.3 Å². The fourth-order valence-corrected chi connectivity index (χ4v) is 2.35. The summed E-state index contributed by atoms with van der Waals surface area (Å²) < 4.78 is 2.20. The van der Waals surface area contributed by atoms with Crippen molar-refractivity contribution in [1.29, 1.82) is 0 Å². The van der Waals surface area contributed by atoms with Gasteiger partial charge in [-0.05, 0) is 26.7 Å². The minimum atomic E-state index is 0.305. The molecule has 0 aromatic heterocycles. The van der Waals surface area contributed by atoms with Gasteiger partial charge in [0.25, 0.3) is 0 Å². The van der Waals surface area contributed by atoms with Gasteiger partial charge in [0.2, 0.25) is 0 Å². The Hall–Kier alpha value is -0.200. The summed E-state index contributed by atoms with van der Waals surface area (Å²) in [5, 5.41) is 0. The van der Waals surface area contributed by atoms with Crippen LogP contribution in [0, 0.1) is 0 Å². The van der Waals surface area contributed by atoms with Crippen molar-refractivity contribution in [3.8, 4) is 0 Å². The summed E-state index contributed by atoms with van der Waals surface area (Å²) in [6.45, 7) is 24.0. The molecule has 0 aromatic rings. The van der Waals surface area contributed by atoms with E-state index in [1.807, 2.05) is 62.3 Å². The molecule has 1 saturated heterocycles. The monoisotopic (exact) mass is 433 g/mol. The molecule has 0 N–H and O–H groups in total. The van der Waals surface area contributed by atoms with Gasteiger partial charge < -0.3 is 0 Å². The fourth-order valence-electron chi connectivity index (χ4n) is 1.91. The maximum Gasteiger partial charge on any atom is 0.131 e. The zero-order valence-corrected chi connectivity index (χ0v) is 23.4. The Morgan fingerprint density at radius 1 is 0.828 bits per heavy atom. The molecule has 2 nitrogen and oxygen atoms in total. The second-order valence-electron chi connectivity index (χ2n) is 6.18. The normalized spacial score (nSPS) is 17.3. The van der Waals surface area contributed by atoms with Crippen LogP contribution in [0.5, 0.6) is 0 Å². The number of nitrogens with zero attached hydrogens (tertiary/aromatic N) is 1. The second-order valence-corrected chi connectivity index (χ2v) is 6.84. The van der Waals surface area contributed by atoms with Crippen molar-refractivity contribution in [1.82, 2.24) is 4.67 Å². The minimum Gasteiger partial charge on any atom is -0.300 e. The molecule has 3 fully saturated rings. The van der Waals surface area contributed by atoms with Gasteiger partial charge in [0.1, 0.15) is 5.78 Å². The third-order valence-corrected chi connectivity index (χ3v) is 4.63. The van der Waals surface area contributed by atoms with Crippen LogP contribution in [-0.2, 0) is 4.79 Å². The summed E-state index contributed by atoms with van der Waals surface area (Å²) in [4.78, 5) is 10.7. The van der Waals surface area contributed by atoms with Gasteiger partial charge in [-0.3, -0.25) is 9.46 Å². The van der Waals surface area contributed by atoms with Crippen LogP contribution in [0.15, 0.2) is 12.7 Å². The Morgan fingerprint density at radius 3 is 1.24 bits per heavy atom. The van der Waals surface area contributed by atoms with E-state index in [1.165, 1.54) is 64.2 Å². The largest absolute Gasteiger partial charge is 0.300 e. The Kier molecular flexibility index (Phi) is 56.9. The van der Waals surface area contributed by atoms with Crippen LogP contribution in [0.3, 0.4) is 0 Å². The lowest BCUT2D eigenvalue weighted by molar-refractivity contribution is -0.117. The molecule has 1 heterocycles. The quantitative estimate of drug-likeness (QED) is 0.319. The smallest absolute Gasteiger partial charge is 0.131 e. The van der Waals surface area contributed by atoms with Crippen molar-refractivity contribution < 1.29 is 4.79 Å². The standard InChI is InChI=1S/C7H14NOP.2C4H8.C3H6.4C2H6/c1-6(9)5-7-3-2-4-8(7)10;2*1-2-4-3-1;1-3-2;4*1-2/h7H,2-5,10H2,1H3;2*1-4H2;3H,1H2,2H3;4*1-2H3. The average Bonchev–Trinajstić information content (AvgIpc) is 3.04. The molecule has 29 heavy (non-hydrogen) atoms. The van der Waals surface area contributed by atoms with E-state index in [9.17, 15) is 4.79 Å². The van der Waals surface area contributed by atoms with E-state index in [2.05, 4.69) is 20.6 Å². The van der Waals surface area contributed by atoms with Gasteiger partial charge in [0.05, 0.1) is 0 Å². The number of carbonyl (C=O) groups excluding carboxylic acids is 1. The lowest BCUT2D eigenvalue weighted by Gasteiger charge is -2.16. The van der Waals surface area contributed by atoms with E-state index < -0.39 is 0 Å². The lowest BCUT2D eigenvalue weighted by Crippen LogP contribution is -2.21. The second kappa shape index (κ2) is 42.0. The molecular formula is C26H60NOP. The first kappa shape index (κ1) is 39.3. The first-order chi connectivity index (χ1) is 14.1. The molecule has 2 saturated carbocycles. The zero-order chi connectivity index (χ0) is 23.9. The Labute approximate surface area is 190 Å². The molecule has 0 spiro atoms. The Morgan fingerprint density at radius 2 is 1.10 bits per heavy atom. The van der Waals surface area contributed by atoms with Crippen LogP contribution in [0.1, 0.15) is 140 Å². The predicted octanol–water partition coefficient (Wildman–Crippen LogP) is 9.64. The highest BCUT2D eigenvalue weighted by atomic mass is 31.0. The summed E-state index contributed by atoms with van der Waals surface area (Å²) in [5.41, 5.74) is 0. The van der Waals surface area contributed by atoms with Crippen LogP contribution in [0.25, 0.3) is 0 Å². The number of ketones is 1. The van der Waals surface area contributed by atoms with Gasteiger partial charge in [-0.2, -0.15) is 0 Å². The van der Waals surface area contributed by atoms with Crippen molar-refractivity contribution in [3.05, 3.63) is 12.7 Å². The van der Waals surface area contributed by atoms with E-state index in [0.717, 1.165) is 13.0 Å². The van der Waals surface area contributed by atoms with E-state index >= 15 is 0 Å². The van der Waals surface area contributed by atoms with Crippen molar-refractivity contribution in [2.24, 2.45) is 0 Å². The third kappa shape index (κ3) is 38.9. The maximum absolute atomic E-state index is 10.7. The SMILES string of the molecule is C1CCC1.C1CCC1.C=CC.CC.CC.CC.CC.CC(=O)CC1CCCN1P. The van der Waals surface area contributed by atoms with Crippen LogP contribution in [-0.4, -0.2) is 23.0 Å². The molecule has 3 aliphatic rings. The van der Waals surface area contributed by atoms with Crippen LogP contribution in [0.2, 0.25) is 0 Å². The first-order valence-electron chi connectivity index (χ1n) is 12.7. The maximum atomic E-state index is 10.7. The molecule has 3 heteroatoms. The summed E-state index contributed by atoms with van der Waals surface area (Å²) in [6.07, 6.45) is 16.9. The highest BCUT2D eigenvalue weighted by Gasteiger charge is 2.21. The lowest BCUT2D eigenvalue weighted by atomic mass is 10.0. The predicted molar refractivity (Wildman–Crippen MR) is 143 cm³/mol. The average molecular weight is 434 g/mol. The number of Topliss-reactive ketones (excluding diaryl/α,β-unsaturated/α-hetero) is 1. The summed E-state index contributed by atoms with van der Waals surface area (Å²) in [7, 11) is 2.68. The molecule has 2 aliphatic carbocycles. The van der Waals surface area contributed by atoms with Gasteiger partial charge >= 0.3 is 0 Å². The van der Waals surface area contributed by atoms with Crippen LogP contribution in [0.4, 0.5) is 0 Å². The van der Waals surface area contributed by atoms with Gasteiger partial charge in [-0.25, -0.2) is 0 Å². The molecule has 0 amide bonds. The molecule has 0 aromatic carbocycles. The number of rotatable bonds is 2. The highest BCUT2D eigenvalue weighted by molar-refractivity contribution is 7.13. The van der Waals surface area contributed by atoms with Crippen molar-refractivity contribution in [2.45, 2.75) is 146 Å². The number of allylic oxidation sites excluding steroid dienone is 1. The zero-order valence-electron chi connectivity index (χ0n) is 22.3. The van der Waals surface area contributed by atoms with Gasteiger partial charge in [-0.1, -0.05) is 122 Å². The minimum absolute atomic E-state index is 0.305. The number of carbonyl (C=O) groups is 1. The van der Waals surface area contributed by atoms with E-state index in [4.69, 9.17) is 0 Å². The molecule has 1 aliphatic heterocycles. The molecule has 3 rings (SSSR count). The number of hydrogen-bond donors (Lipinski definition) is 0. The number of hydrogen-bond acceptors (Lipinski definition) is 2. The van der Waals surface area contributed by atoms with Gasteiger partial charge in [-0.15, -0.1) is 6.58 Å². The molecular weight excluding hydrogens is 373 g/mol. The molecule has 180 valence electrons. The Balaban J connectivity index is -0.0000000857. The first-order valence-corrected chi connectivity index (χ1v) is 13.2. The third-order valence-electron chi connectivity index (χ3n) is 3.95. The van der Waals surface area contributed by atoms with Gasteiger partial charge in [0.15, 0.2) is 0 Å². The van der Waals surface area contributed by atoms with Gasteiger partial charge in [0, 0.05) is 19.0 Å². The van der Waals surface area contributed by atoms with E-state index in [-0.39, 0.29) is 0 Å². The molecule has 0 radical (unpaired) electrons. The summed E-state index contributed by atoms with van der Waals surface area (Å²) in [6, 6.07) is 0.502. The van der Waals surface area contributed by atoms with Crippen LogP contribution < -0.4 is 0 Å². The highest BCUT2D eigenvalue weighted by Crippen LogP contribution is 2.23. The van der Waals surface area contributed by atoms with Crippen molar-refractivity contribution >= 4 is 15.2 Å². The van der Waals surface area contributed by atoms with E-state index in [1.54, 1.807) is 13.0 Å². The van der Waals surface area contributed by atoms with Crippen molar-refractivity contribution in [2.75, 3.05) is 6.54 Å². The molecule has 0 bridgehead atoms. The Bertz CT molecular complexity index is 245. The summed E-state index contributed by atoms with van der Waals surface area (Å²) in [5.74, 6) is 0.305.